The molecule has 3 nitrogen and oxygen atoms in total. The van der Waals surface area contributed by atoms with Crippen molar-refractivity contribution in [3.8, 4) is 0 Å². The second-order valence-corrected chi connectivity index (χ2v) is 5.68. The van der Waals surface area contributed by atoms with Crippen molar-refractivity contribution in [2.75, 3.05) is 5.32 Å². The maximum absolute atomic E-state index is 12.3. The lowest BCUT2D eigenvalue weighted by atomic mass is 9.84. The fourth-order valence-electron chi connectivity index (χ4n) is 2.93. The first-order valence-corrected chi connectivity index (χ1v) is 7.22. The Balaban J connectivity index is 2.04. The molecule has 1 aliphatic carbocycles. The van der Waals surface area contributed by atoms with Crippen molar-refractivity contribution in [2.45, 2.75) is 52.0 Å². The lowest BCUT2D eigenvalue weighted by Crippen LogP contribution is -2.42. The third kappa shape index (κ3) is 3.35. The van der Waals surface area contributed by atoms with Crippen molar-refractivity contribution in [2.24, 2.45) is 11.7 Å². The molecule has 0 saturated heterocycles. The van der Waals surface area contributed by atoms with Gasteiger partial charge in [-0.1, -0.05) is 37.5 Å². The molecule has 104 valence electrons. The van der Waals surface area contributed by atoms with Crippen LogP contribution < -0.4 is 11.1 Å². The van der Waals surface area contributed by atoms with Crippen molar-refractivity contribution < 1.29 is 4.79 Å². The number of carbonyl (C=O) groups excluding carboxylic acids is 1. The second kappa shape index (κ2) is 6.20. The Morgan fingerprint density at radius 3 is 2.37 bits per heavy atom. The highest BCUT2D eigenvalue weighted by Crippen LogP contribution is 2.27. The van der Waals surface area contributed by atoms with E-state index in [9.17, 15) is 4.79 Å². The van der Waals surface area contributed by atoms with Gasteiger partial charge in [-0.2, -0.15) is 0 Å². The number of anilines is 1. The minimum atomic E-state index is -0.376. The molecule has 0 radical (unpaired) electrons. The molecule has 0 aliphatic heterocycles. The predicted molar refractivity (Wildman–Crippen MR) is 79.1 cm³/mol. The Morgan fingerprint density at radius 1 is 1.21 bits per heavy atom. The lowest BCUT2D eigenvalue weighted by molar-refractivity contribution is -0.118. The number of benzene rings is 1. The van der Waals surface area contributed by atoms with E-state index in [4.69, 9.17) is 5.73 Å². The van der Waals surface area contributed by atoms with Crippen LogP contribution in [0.15, 0.2) is 18.2 Å². The largest absolute Gasteiger partial charge is 0.324 e. The summed E-state index contributed by atoms with van der Waals surface area (Å²) in [7, 11) is 0. The Hall–Kier alpha value is -1.35. The molecule has 0 bridgehead atoms. The minimum absolute atomic E-state index is 0.0377. The van der Waals surface area contributed by atoms with E-state index in [-0.39, 0.29) is 11.9 Å². The van der Waals surface area contributed by atoms with Crippen LogP contribution in [0.2, 0.25) is 0 Å². The van der Waals surface area contributed by atoms with Gasteiger partial charge in [0.2, 0.25) is 5.91 Å². The van der Waals surface area contributed by atoms with Crippen LogP contribution in [0.5, 0.6) is 0 Å². The fraction of sp³-hybridized carbons (Fsp3) is 0.562. The normalized spacial score (nSPS) is 18.1. The summed E-state index contributed by atoms with van der Waals surface area (Å²) >= 11 is 0. The zero-order valence-corrected chi connectivity index (χ0v) is 11.9. The van der Waals surface area contributed by atoms with Crippen LogP contribution in [0, 0.1) is 19.8 Å². The van der Waals surface area contributed by atoms with E-state index < -0.39 is 0 Å². The van der Waals surface area contributed by atoms with Crippen LogP contribution in [0.1, 0.15) is 43.2 Å². The first-order valence-electron chi connectivity index (χ1n) is 7.22. The van der Waals surface area contributed by atoms with Crippen molar-refractivity contribution in [1.29, 1.82) is 0 Å². The molecule has 1 aliphatic rings. The SMILES string of the molecule is Cc1cccc(C)c1NC(=O)[C@H](N)C1CCCCC1. The van der Waals surface area contributed by atoms with Crippen LogP contribution in [-0.2, 0) is 4.79 Å². The van der Waals surface area contributed by atoms with Gasteiger partial charge >= 0.3 is 0 Å². The van der Waals surface area contributed by atoms with Crippen LogP contribution in [0.25, 0.3) is 0 Å². The number of nitrogens with two attached hydrogens (primary N) is 1. The number of carbonyl (C=O) groups is 1. The van der Waals surface area contributed by atoms with Gasteiger partial charge < -0.3 is 11.1 Å². The molecule has 0 aromatic heterocycles. The van der Waals surface area contributed by atoms with E-state index in [1.54, 1.807) is 0 Å². The first kappa shape index (κ1) is 14.1. The molecule has 3 N–H and O–H groups in total. The zero-order valence-electron chi connectivity index (χ0n) is 11.9. The average Bonchev–Trinajstić information content (AvgIpc) is 2.43. The second-order valence-electron chi connectivity index (χ2n) is 5.68. The average molecular weight is 260 g/mol. The molecule has 2 rings (SSSR count). The van der Waals surface area contributed by atoms with Gasteiger partial charge in [0.25, 0.3) is 0 Å². The van der Waals surface area contributed by atoms with Gasteiger partial charge in [-0.3, -0.25) is 4.79 Å². The van der Waals surface area contributed by atoms with Crippen molar-refractivity contribution in [1.82, 2.24) is 0 Å². The van der Waals surface area contributed by atoms with E-state index in [0.717, 1.165) is 29.7 Å². The quantitative estimate of drug-likeness (QED) is 0.877. The Morgan fingerprint density at radius 2 is 1.79 bits per heavy atom. The van der Waals surface area contributed by atoms with Gasteiger partial charge in [0.1, 0.15) is 0 Å². The summed E-state index contributed by atoms with van der Waals surface area (Å²) in [5.41, 5.74) is 9.22. The summed E-state index contributed by atoms with van der Waals surface area (Å²) in [5, 5.41) is 3.01. The number of rotatable bonds is 3. The first-order chi connectivity index (χ1) is 9.09. The molecule has 1 fully saturated rings. The van der Waals surface area contributed by atoms with Gasteiger partial charge in [0.05, 0.1) is 6.04 Å². The van der Waals surface area contributed by atoms with Crippen LogP contribution >= 0.6 is 0 Å². The van der Waals surface area contributed by atoms with Gasteiger partial charge in [-0.15, -0.1) is 0 Å². The van der Waals surface area contributed by atoms with Gasteiger partial charge in [0.15, 0.2) is 0 Å². The topological polar surface area (TPSA) is 55.1 Å². The van der Waals surface area contributed by atoms with Crippen molar-refractivity contribution in [3.05, 3.63) is 29.3 Å². The highest BCUT2D eigenvalue weighted by atomic mass is 16.2. The van der Waals surface area contributed by atoms with E-state index in [1.807, 2.05) is 32.0 Å². The zero-order chi connectivity index (χ0) is 13.8. The van der Waals surface area contributed by atoms with Crippen molar-refractivity contribution in [3.63, 3.8) is 0 Å². The minimum Gasteiger partial charge on any atom is -0.324 e. The highest BCUT2D eigenvalue weighted by molar-refractivity contribution is 5.96. The standard InChI is InChI=1S/C16H24N2O/c1-11-7-6-8-12(2)15(11)18-16(19)14(17)13-9-4-3-5-10-13/h6-8,13-14H,3-5,9-10,17H2,1-2H3,(H,18,19)/t14-/m1/s1. The third-order valence-corrected chi connectivity index (χ3v) is 4.19. The van der Waals surface area contributed by atoms with E-state index >= 15 is 0 Å². The van der Waals surface area contributed by atoms with Gasteiger partial charge in [-0.25, -0.2) is 0 Å². The Kier molecular flexibility index (Phi) is 4.59. The van der Waals surface area contributed by atoms with Crippen LogP contribution in [0.4, 0.5) is 5.69 Å². The molecular weight excluding hydrogens is 236 g/mol. The maximum Gasteiger partial charge on any atom is 0.241 e. The molecule has 0 heterocycles. The maximum atomic E-state index is 12.3. The molecule has 1 aromatic carbocycles. The Bertz CT molecular complexity index is 430. The molecule has 1 aromatic rings. The number of nitrogens with one attached hydrogen (secondary N) is 1. The van der Waals surface area contributed by atoms with Crippen molar-refractivity contribution >= 4 is 11.6 Å². The summed E-state index contributed by atoms with van der Waals surface area (Å²) in [4.78, 5) is 12.3. The van der Waals surface area contributed by atoms with Crippen LogP contribution in [0.3, 0.4) is 0 Å². The smallest absolute Gasteiger partial charge is 0.241 e. The molecule has 1 atom stereocenters. The predicted octanol–water partition coefficient (Wildman–Crippen LogP) is 3.15. The summed E-state index contributed by atoms with van der Waals surface area (Å²) in [6.45, 7) is 4.02. The summed E-state index contributed by atoms with van der Waals surface area (Å²) in [6, 6.07) is 5.64. The van der Waals surface area contributed by atoms with Gasteiger partial charge in [-0.05, 0) is 43.7 Å². The number of para-hydroxylation sites is 1. The van der Waals surface area contributed by atoms with Gasteiger partial charge in [0, 0.05) is 5.69 Å². The number of amides is 1. The van der Waals surface area contributed by atoms with Crippen LogP contribution in [-0.4, -0.2) is 11.9 Å². The molecule has 19 heavy (non-hydrogen) atoms. The molecule has 0 spiro atoms. The summed E-state index contributed by atoms with van der Waals surface area (Å²) < 4.78 is 0. The van der Waals surface area contributed by atoms with E-state index in [0.29, 0.717) is 5.92 Å². The fourth-order valence-corrected chi connectivity index (χ4v) is 2.93. The molecular formula is C16H24N2O. The summed E-state index contributed by atoms with van der Waals surface area (Å²) in [6.07, 6.45) is 5.86. The highest BCUT2D eigenvalue weighted by Gasteiger charge is 2.26. The number of hydrogen-bond acceptors (Lipinski definition) is 2. The monoisotopic (exact) mass is 260 g/mol. The lowest BCUT2D eigenvalue weighted by Gasteiger charge is -2.27. The number of hydrogen-bond donors (Lipinski definition) is 2. The Labute approximate surface area is 115 Å². The van der Waals surface area contributed by atoms with E-state index in [2.05, 4.69) is 5.32 Å². The molecule has 3 heteroatoms. The third-order valence-electron chi connectivity index (χ3n) is 4.19. The number of aryl methyl sites for hydroxylation is 2. The van der Waals surface area contributed by atoms with E-state index in [1.165, 1.54) is 19.3 Å². The summed E-state index contributed by atoms with van der Waals surface area (Å²) in [5.74, 6) is 0.308. The molecule has 1 amide bonds. The molecule has 1 saturated carbocycles. The molecule has 0 unspecified atom stereocenters.